The van der Waals surface area contributed by atoms with Crippen molar-refractivity contribution in [1.82, 2.24) is 10.6 Å². The molecule has 294 valence electrons. The molecule has 0 aromatic carbocycles. The van der Waals surface area contributed by atoms with E-state index in [4.69, 9.17) is 29.4 Å². The number of rotatable bonds is 15. The number of hydrogen-bond donors (Lipinski definition) is 9. The van der Waals surface area contributed by atoms with Crippen molar-refractivity contribution >= 4 is 17.8 Å². The number of aliphatic hydroxyl groups excluding tert-OH is 5. The SMILES string of the molecule is CC[C@H]1CC(C(=O)NCCN)CC(O[C@@H]2O[C@H](CO)[C@H](O)[C@H](OC(CC3CCCCC3)C(=O)O)[C@H]2NC(C)=O)[C@@H]1OC1O[C@@H](C)[C@@H](O)[C@H](O)[C@@H]1O. The van der Waals surface area contributed by atoms with Crippen LogP contribution in [0.3, 0.4) is 0 Å². The van der Waals surface area contributed by atoms with Gasteiger partial charge in [-0.15, -0.1) is 0 Å². The molecular weight excluding hydrogens is 674 g/mol. The Morgan fingerprint density at radius 2 is 1.63 bits per heavy atom. The van der Waals surface area contributed by atoms with Crippen LogP contribution in [0.2, 0.25) is 0 Å². The molecule has 2 amide bonds. The third kappa shape index (κ3) is 10.6. The van der Waals surface area contributed by atoms with Gasteiger partial charge in [-0.1, -0.05) is 45.4 Å². The quantitative estimate of drug-likeness (QED) is 0.0926. The molecule has 17 heteroatoms. The normalized spacial score (nSPS) is 39.9. The van der Waals surface area contributed by atoms with Gasteiger partial charge in [0, 0.05) is 25.9 Å². The fourth-order valence-electron chi connectivity index (χ4n) is 7.92. The van der Waals surface area contributed by atoms with Gasteiger partial charge >= 0.3 is 5.97 Å². The second kappa shape index (κ2) is 19.3. The monoisotopic (exact) mass is 733 g/mol. The van der Waals surface area contributed by atoms with Gasteiger partial charge in [0.05, 0.1) is 24.9 Å². The van der Waals surface area contributed by atoms with Gasteiger partial charge in [-0.3, -0.25) is 9.59 Å². The Labute approximate surface area is 298 Å². The van der Waals surface area contributed by atoms with Crippen molar-refractivity contribution in [2.75, 3.05) is 19.7 Å². The minimum Gasteiger partial charge on any atom is -0.479 e. The highest BCUT2D eigenvalue weighted by atomic mass is 16.7. The molecule has 0 radical (unpaired) electrons. The first-order chi connectivity index (χ1) is 24.3. The Bertz CT molecular complexity index is 1130. The second-order valence-corrected chi connectivity index (χ2v) is 14.5. The summed E-state index contributed by atoms with van der Waals surface area (Å²) in [5, 5.41) is 68.8. The standard InChI is InChI=1S/C34H59N3O14/c1-4-19-13-20(31(44)36-11-10-35)14-21(29(19)51-34-28(43)27(42)25(40)16(2)47-34)49-33-24(37-17(3)39)30(26(41)23(15-38)50-33)48-22(32(45)46)12-18-8-6-5-7-9-18/h16,18-30,33-34,38,40-43H,4-15,35H2,1-3H3,(H,36,44)(H,37,39)(H,45,46)/t16-,19-,20?,21?,22?,23+,24+,25+,26-,27-,28-,29+,30+,33+,34?/m0/s1. The predicted molar refractivity (Wildman–Crippen MR) is 178 cm³/mol. The minimum absolute atomic E-state index is 0.0606. The Morgan fingerprint density at radius 3 is 2.24 bits per heavy atom. The molecule has 4 aliphatic rings. The highest BCUT2D eigenvalue weighted by Crippen LogP contribution is 2.40. The van der Waals surface area contributed by atoms with Crippen molar-refractivity contribution in [3.8, 4) is 0 Å². The van der Waals surface area contributed by atoms with Gasteiger partial charge in [0.2, 0.25) is 11.8 Å². The zero-order valence-corrected chi connectivity index (χ0v) is 29.7. The maximum atomic E-state index is 13.3. The number of nitrogens with two attached hydrogens (primary N) is 1. The van der Waals surface area contributed by atoms with Crippen LogP contribution in [0, 0.1) is 17.8 Å². The van der Waals surface area contributed by atoms with Gasteiger partial charge in [-0.25, -0.2) is 4.79 Å². The topological polar surface area (TPSA) is 269 Å². The molecule has 17 nitrogen and oxygen atoms in total. The third-order valence-electron chi connectivity index (χ3n) is 10.8. The number of carboxylic acid groups (broad SMARTS) is 1. The lowest BCUT2D eigenvalue weighted by Gasteiger charge is -2.49. The lowest BCUT2D eigenvalue weighted by Crippen LogP contribution is -2.67. The lowest BCUT2D eigenvalue weighted by atomic mass is 9.75. The average molecular weight is 734 g/mol. The first-order valence-electron chi connectivity index (χ1n) is 18.4. The molecule has 2 saturated heterocycles. The second-order valence-electron chi connectivity index (χ2n) is 14.5. The fourth-order valence-corrected chi connectivity index (χ4v) is 7.92. The number of carbonyl (C=O) groups is 3. The van der Waals surface area contributed by atoms with Gasteiger partial charge in [-0.2, -0.15) is 0 Å². The largest absolute Gasteiger partial charge is 0.479 e. The summed E-state index contributed by atoms with van der Waals surface area (Å²) in [4.78, 5) is 38.3. The smallest absolute Gasteiger partial charge is 0.332 e. The predicted octanol–water partition coefficient (Wildman–Crippen LogP) is -1.51. The van der Waals surface area contributed by atoms with Crippen LogP contribution in [-0.2, 0) is 38.1 Å². The van der Waals surface area contributed by atoms with Gasteiger partial charge in [-0.05, 0) is 38.0 Å². The Kier molecular flexibility index (Phi) is 15.8. The summed E-state index contributed by atoms with van der Waals surface area (Å²) in [5.74, 6) is -2.91. The third-order valence-corrected chi connectivity index (χ3v) is 10.8. The van der Waals surface area contributed by atoms with Gasteiger partial charge in [0.1, 0.15) is 42.7 Å². The zero-order chi connectivity index (χ0) is 37.4. The van der Waals surface area contributed by atoms with E-state index in [0.29, 0.717) is 12.8 Å². The van der Waals surface area contributed by atoms with E-state index in [2.05, 4.69) is 10.6 Å². The van der Waals surface area contributed by atoms with Gasteiger partial charge < -0.3 is 70.7 Å². The van der Waals surface area contributed by atoms with Crippen LogP contribution in [0.15, 0.2) is 0 Å². The molecule has 2 aliphatic heterocycles. The van der Waals surface area contributed by atoms with E-state index in [1.54, 1.807) is 0 Å². The number of aliphatic carboxylic acids is 1. The summed E-state index contributed by atoms with van der Waals surface area (Å²) in [6.45, 7) is 4.41. The van der Waals surface area contributed by atoms with Crippen LogP contribution in [-0.4, -0.2) is 148 Å². The van der Waals surface area contributed by atoms with E-state index in [1.807, 2.05) is 6.92 Å². The molecule has 4 unspecified atom stereocenters. The zero-order valence-electron chi connectivity index (χ0n) is 29.7. The maximum absolute atomic E-state index is 13.3. The number of carboxylic acids is 1. The van der Waals surface area contributed by atoms with Crippen molar-refractivity contribution in [2.24, 2.45) is 23.5 Å². The lowest BCUT2D eigenvalue weighted by molar-refractivity contribution is -0.338. The summed E-state index contributed by atoms with van der Waals surface area (Å²) < 4.78 is 30.8. The van der Waals surface area contributed by atoms with Crippen molar-refractivity contribution in [3.63, 3.8) is 0 Å². The van der Waals surface area contributed by atoms with Crippen molar-refractivity contribution < 1.29 is 68.7 Å². The van der Waals surface area contributed by atoms with E-state index < -0.39 is 104 Å². The molecule has 10 N–H and O–H groups in total. The Balaban J connectivity index is 1.66. The maximum Gasteiger partial charge on any atom is 0.332 e. The van der Waals surface area contributed by atoms with Crippen molar-refractivity contribution in [1.29, 1.82) is 0 Å². The number of aliphatic hydroxyl groups is 5. The molecule has 2 aliphatic carbocycles. The first-order valence-corrected chi connectivity index (χ1v) is 18.4. The molecule has 2 heterocycles. The summed E-state index contributed by atoms with van der Waals surface area (Å²) in [7, 11) is 0. The number of nitrogens with one attached hydrogen (secondary N) is 2. The number of amides is 2. The molecule has 4 rings (SSSR count). The highest BCUT2D eigenvalue weighted by Gasteiger charge is 2.52. The van der Waals surface area contributed by atoms with Crippen molar-refractivity contribution in [2.45, 2.75) is 158 Å². The van der Waals surface area contributed by atoms with E-state index in [0.717, 1.165) is 32.1 Å². The molecule has 0 aromatic rings. The minimum atomic E-state index is -1.62. The van der Waals surface area contributed by atoms with E-state index in [9.17, 15) is 45.0 Å². The molecule has 4 fully saturated rings. The summed E-state index contributed by atoms with van der Waals surface area (Å²) in [5.41, 5.74) is 5.62. The molecule has 0 bridgehead atoms. The molecule has 0 spiro atoms. The molecular formula is C34H59N3O14. The molecule has 0 aromatic heterocycles. The number of ether oxygens (including phenoxy) is 5. The fraction of sp³-hybridized carbons (Fsp3) is 0.912. The number of carbonyl (C=O) groups excluding carboxylic acids is 2. The molecule has 2 saturated carbocycles. The van der Waals surface area contributed by atoms with Crippen LogP contribution in [0.25, 0.3) is 0 Å². The first kappa shape index (κ1) is 41.7. The van der Waals surface area contributed by atoms with E-state index in [-0.39, 0.29) is 43.7 Å². The molecule has 15 atom stereocenters. The summed E-state index contributed by atoms with van der Waals surface area (Å²) in [6, 6.07) is -1.27. The summed E-state index contributed by atoms with van der Waals surface area (Å²) in [6.07, 6.45) is -9.92. The van der Waals surface area contributed by atoms with Crippen LogP contribution in [0.5, 0.6) is 0 Å². The van der Waals surface area contributed by atoms with Crippen molar-refractivity contribution in [3.05, 3.63) is 0 Å². The van der Waals surface area contributed by atoms with Crippen LogP contribution < -0.4 is 16.4 Å². The van der Waals surface area contributed by atoms with E-state index >= 15 is 0 Å². The molecule has 51 heavy (non-hydrogen) atoms. The van der Waals surface area contributed by atoms with Crippen LogP contribution >= 0.6 is 0 Å². The van der Waals surface area contributed by atoms with Gasteiger partial charge in [0.25, 0.3) is 0 Å². The highest BCUT2D eigenvalue weighted by molar-refractivity contribution is 5.78. The average Bonchev–Trinajstić information content (AvgIpc) is 3.11. The Morgan fingerprint density at radius 1 is 0.922 bits per heavy atom. The summed E-state index contributed by atoms with van der Waals surface area (Å²) >= 11 is 0. The van der Waals surface area contributed by atoms with Crippen LogP contribution in [0.1, 0.15) is 78.6 Å². The number of hydrogen-bond acceptors (Lipinski definition) is 14. The van der Waals surface area contributed by atoms with Crippen LogP contribution in [0.4, 0.5) is 0 Å². The Hall–Kier alpha value is -2.03. The van der Waals surface area contributed by atoms with Gasteiger partial charge in [0.15, 0.2) is 18.7 Å². The van der Waals surface area contributed by atoms with E-state index in [1.165, 1.54) is 13.8 Å².